The summed E-state index contributed by atoms with van der Waals surface area (Å²) in [5, 5.41) is 9.00. The largest absolute Gasteiger partial charge is 0.481 e. The molecule has 2 fully saturated rings. The molecule has 0 bridgehead atoms. The summed E-state index contributed by atoms with van der Waals surface area (Å²) < 4.78 is 0. The third-order valence-electron chi connectivity index (χ3n) is 3.56. The van der Waals surface area contributed by atoms with Crippen LogP contribution in [-0.4, -0.2) is 35.6 Å². The summed E-state index contributed by atoms with van der Waals surface area (Å²) in [6.07, 6.45) is 5.58. The summed E-state index contributed by atoms with van der Waals surface area (Å²) in [7, 11) is 2.06. The summed E-state index contributed by atoms with van der Waals surface area (Å²) >= 11 is 0. The van der Waals surface area contributed by atoms with Crippen molar-refractivity contribution in [3.8, 4) is 0 Å². The van der Waals surface area contributed by atoms with Crippen LogP contribution >= 0.6 is 0 Å². The van der Waals surface area contributed by atoms with Crippen molar-refractivity contribution >= 4 is 5.97 Å². The van der Waals surface area contributed by atoms with Crippen molar-refractivity contribution in [2.24, 2.45) is 5.41 Å². The molecule has 0 aliphatic heterocycles. The molecule has 2 aliphatic carbocycles. The Morgan fingerprint density at radius 1 is 1.54 bits per heavy atom. The van der Waals surface area contributed by atoms with E-state index in [4.69, 9.17) is 5.11 Å². The lowest BCUT2D eigenvalue weighted by atomic mass is 9.91. The van der Waals surface area contributed by atoms with Crippen LogP contribution in [0.4, 0.5) is 0 Å². The first kappa shape index (κ1) is 9.00. The molecule has 0 heterocycles. The van der Waals surface area contributed by atoms with Crippen LogP contribution in [0.2, 0.25) is 0 Å². The molecule has 13 heavy (non-hydrogen) atoms. The Morgan fingerprint density at radius 2 is 2.15 bits per heavy atom. The van der Waals surface area contributed by atoms with Gasteiger partial charge >= 0.3 is 5.97 Å². The molecule has 2 rings (SSSR count). The Bertz CT molecular complexity index is 219. The molecular weight excluding hydrogens is 166 g/mol. The van der Waals surface area contributed by atoms with Gasteiger partial charge in [0, 0.05) is 12.6 Å². The van der Waals surface area contributed by atoms with Gasteiger partial charge in [-0.3, -0.25) is 4.79 Å². The number of hydrogen-bond donors (Lipinski definition) is 1. The fourth-order valence-corrected chi connectivity index (χ4v) is 2.02. The zero-order valence-corrected chi connectivity index (χ0v) is 8.12. The van der Waals surface area contributed by atoms with Gasteiger partial charge in [-0.2, -0.15) is 0 Å². The van der Waals surface area contributed by atoms with Crippen LogP contribution in [0.15, 0.2) is 0 Å². The lowest BCUT2D eigenvalue weighted by Gasteiger charge is -2.36. The molecule has 0 saturated heterocycles. The van der Waals surface area contributed by atoms with Crippen LogP contribution in [-0.2, 0) is 4.79 Å². The molecule has 0 atom stereocenters. The van der Waals surface area contributed by atoms with Gasteiger partial charge in [0.2, 0.25) is 0 Å². The molecule has 2 saturated carbocycles. The Balaban J connectivity index is 1.86. The standard InChI is InChI=1S/C10H17NO2/c1-11(8-3-2-4-8)7-10(5-6-10)9(12)13/h8H,2-7H2,1H3,(H,12,13). The SMILES string of the molecule is CN(CC1(C(=O)O)CC1)C1CCC1. The predicted octanol–water partition coefficient (Wildman–Crippen LogP) is 1.34. The van der Waals surface area contributed by atoms with E-state index < -0.39 is 5.97 Å². The van der Waals surface area contributed by atoms with E-state index in [0.717, 1.165) is 19.4 Å². The van der Waals surface area contributed by atoms with E-state index in [0.29, 0.717) is 6.04 Å². The summed E-state index contributed by atoms with van der Waals surface area (Å²) in [6.45, 7) is 0.757. The van der Waals surface area contributed by atoms with Crippen molar-refractivity contribution in [3.05, 3.63) is 0 Å². The fraction of sp³-hybridized carbons (Fsp3) is 0.900. The summed E-state index contributed by atoms with van der Waals surface area (Å²) in [5.41, 5.74) is -0.371. The second-order valence-electron chi connectivity index (χ2n) is 4.59. The summed E-state index contributed by atoms with van der Waals surface area (Å²) in [5.74, 6) is -0.598. The normalized spacial score (nSPS) is 25.7. The van der Waals surface area contributed by atoms with Gasteiger partial charge in [-0.25, -0.2) is 0 Å². The zero-order valence-electron chi connectivity index (χ0n) is 8.12. The van der Waals surface area contributed by atoms with E-state index in [1.54, 1.807) is 0 Å². The average molecular weight is 183 g/mol. The average Bonchev–Trinajstić information content (AvgIpc) is 2.64. The summed E-state index contributed by atoms with van der Waals surface area (Å²) in [6, 6.07) is 0.664. The van der Waals surface area contributed by atoms with E-state index in [9.17, 15) is 4.79 Å². The molecule has 0 aromatic rings. The second kappa shape index (κ2) is 2.98. The quantitative estimate of drug-likeness (QED) is 0.715. The maximum atomic E-state index is 10.9. The fourth-order valence-electron chi connectivity index (χ4n) is 2.02. The van der Waals surface area contributed by atoms with E-state index >= 15 is 0 Å². The summed E-state index contributed by atoms with van der Waals surface area (Å²) in [4.78, 5) is 13.2. The van der Waals surface area contributed by atoms with Gasteiger partial charge in [-0.1, -0.05) is 6.42 Å². The van der Waals surface area contributed by atoms with Crippen LogP contribution in [0.5, 0.6) is 0 Å². The van der Waals surface area contributed by atoms with Gasteiger partial charge in [-0.05, 0) is 32.7 Å². The third-order valence-corrected chi connectivity index (χ3v) is 3.56. The number of carboxylic acid groups (broad SMARTS) is 1. The molecule has 3 heteroatoms. The van der Waals surface area contributed by atoms with Gasteiger partial charge in [0.05, 0.1) is 5.41 Å². The van der Waals surface area contributed by atoms with E-state index in [2.05, 4.69) is 11.9 Å². The number of hydrogen-bond acceptors (Lipinski definition) is 2. The van der Waals surface area contributed by atoms with Gasteiger partial charge in [0.25, 0.3) is 0 Å². The van der Waals surface area contributed by atoms with Crippen LogP contribution in [0.1, 0.15) is 32.1 Å². The molecule has 0 radical (unpaired) electrons. The Hall–Kier alpha value is -0.570. The monoisotopic (exact) mass is 183 g/mol. The van der Waals surface area contributed by atoms with Crippen LogP contribution in [0.25, 0.3) is 0 Å². The highest BCUT2D eigenvalue weighted by Crippen LogP contribution is 2.47. The maximum absolute atomic E-state index is 10.9. The minimum absolute atomic E-state index is 0.371. The molecule has 0 aromatic carbocycles. The smallest absolute Gasteiger partial charge is 0.310 e. The number of aliphatic carboxylic acids is 1. The Kier molecular flexibility index (Phi) is 2.06. The van der Waals surface area contributed by atoms with E-state index in [-0.39, 0.29) is 5.41 Å². The number of nitrogens with zero attached hydrogens (tertiary/aromatic N) is 1. The molecule has 3 nitrogen and oxygen atoms in total. The van der Waals surface area contributed by atoms with Crippen molar-refractivity contribution in [3.63, 3.8) is 0 Å². The Morgan fingerprint density at radius 3 is 2.46 bits per heavy atom. The van der Waals surface area contributed by atoms with E-state index in [1.807, 2.05) is 0 Å². The lowest BCUT2D eigenvalue weighted by molar-refractivity contribution is -0.144. The highest BCUT2D eigenvalue weighted by molar-refractivity contribution is 5.78. The minimum Gasteiger partial charge on any atom is -0.481 e. The lowest BCUT2D eigenvalue weighted by Crippen LogP contribution is -2.42. The topological polar surface area (TPSA) is 40.5 Å². The van der Waals surface area contributed by atoms with Crippen molar-refractivity contribution < 1.29 is 9.90 Å². The van der Waals surface area contributed by atoms with Gasteiger partial charge in [0.15, 0.2) is 0 Å². The molecule has 74 valence electrons. The van der Waals surface area contributed by atoms with Gasteiger partial charge < -0.3 is 10.0 Å². The second-order valence-corrected chi connectivity index (χ2v) is 4.59. The van der Waals surface area contributed by atoms with Crippen molar-refractivity contribution in [1.29, 1.82) is 0 Å². The first-order chi connectivity index (χ1) is 6.14. The Labute approximate surface area is 78.7 Å². The molecule has 0 amide bonds. The third kappa shape index (κ3) is 1.57. The number of carbonyl (C=O) groups is 1. The van der Waals surface area contributed by atoms with Crippen molar-refractivity contribution in [2.45, 2.75) is 38.1 Å². The molecular formula is C10H17NO2. The highest BCUT2D eigenvalue weighted by Gasteiger charge is 2.51. The maximum Gasteiger partial charge on any atom is 0.310 e. The molecule has 1 N–H and O–H groups in total. The molecule has 0 unspecified atom stereocenters. The molecule has 2 aliphatic rings. The van der Waals surface area contributed by atoms with E-state index in [1.165, 1.54) is 19.3 Å². The first-order valence-electron chi connectivity index (χ1n) is 5.08. The number of carboxylic acids is 1. The highest BCUT2D eigenvalue weighted by atomic mass is 16.4. The first-order valence-corrected chi connectivity index (χ1v) is 5.08. The zero-order chi connectivity index (χ0) is 9.47. The van der Waals surface area contributed by atoms with Crippen molar-refractivity contribution in [2.75, 3.05) is 13.6 Å². The van der Waals surface area contributed by atoms with Gasteiger partial charge in [-0.15, -0.1) is 0 Å². The predicted molar refractivity (Wildman–Crippen MR) is 49.6 cm³/mol. The van der Waals surface area contributed by atoms with Crippen LogP contribution in [0.3, 0.4) is 0 Å². The van der Waals surface area contributed by atoms with Crippen molar-refractivity contribution in [1.82, 2.24) is 4.90 Å². The van der Waals surface area contributed by atoms with Gasteiger partial charge in [0.1, 0.15) is 0 Å². The molecule has 0 aromatic heterocycles. The number of rotatable bonds is 4. The van der Waals surface area contributed by atoms with Crippen LogP contribution in [0, 0.1) is 5.41 Å². The van der Waals surface area contributed by atoms with Crippen LogP contribution < -0.4 is 0 Å². The molecule has 0 spiro atoms. The minimum atomic E-state index is -0.598.